The minimum Gasteiger partial charge on any atom is -0.468 e. The third-order valence-corrected chi connectivity index (χ3v) is 3.56. The first-order chi connectivity index (χ1) is 10.4. The maximum absolute atomic E-state index is 12.1. The second kappa shape index (κ2) is 7.88. The van der Waals surface area contributed by atoms with Gasteiger partial charge in [0.2, 0.25) is 9.70 Å². The number of nitrogens with one attached hydrogen (secondary N) is 2. The summed E-state index contributed by atoms with van der Waals surface area (Å²) in [5.41, 5.74) is 0.883. The van der Waals surface area contributed by atoms with Crippen molar-refractivity contribution in [3.63, 3.8) is 0 Å². The zero-order chi connectivity index (χ0) is 16.0. The molecule has 0 saturated heterocycles. The number of alkyl halides is 3. The standard InChI is InChI=1S/C15H15Cl3N2O2/c16-15(17,18)14(19-10-12-7-4-8-22-12)20-13(21)9-11-5-2-1-3-6-11/h1-8,14,19H,9-10H2,(H,20,21). The Bertz CT molecular complexity index is 583. The largest absolute Gasteiger partial charge is 0.468 e. The van der Waals surface area contributed by atoms with E-state index in [0.29, 0.717) is 12.3 Å². The maximum Gasteiger partial charge on any atom is 0.225 e. The Morgan fingerprint density at radius 2 is 1.86 bits per heavy atom. The van der Waals surface area contributed by atoms with Crippen LogP contribution in [0.15, 0.2) is 53.1 Å². The summed E-state index contributed by atoms with van der Waals surface area (Å²) < 4.78 is 3.51. The van der Waals surface area contributed by atoms with Gasteiger partial charge in [0.25, 0.3) is 0 Å². The zero-order valence-electron chi connectivity index (χ0n) is 11.6. The summed E-state index contributed by atoms with van der Waals surface area (Å²) in [5.74, 6) is 0.436. The van der Waals surface area contributed by atoms with Crippen LogP contribution in [0.25, 0.3) is 0 Å². The number of hydrogen-bond donors (Lipinski definition) is 2. The highest BCUT2D eigenvalue weighted by molar-refractivity contribution is 6.68. The van der Waals surface area contributed by atoms with Crippen LogP contribution in [0.1, 0.15) is 11.3 Å². The van der Waals surface area contributed by atoms with Crippen molar-refractivity contribution in [2.75, 3.05) is 0 Å². The van der Waals surface area contributed by atoms with Crippen molar-refractivity contribution in [1.82, 2.24) is 10.6 Å². The van der Waals surface area contributed by atoms with Gasteiger partial charge in [-0.1, -0.05) is 65.1 Å². The van der Waals surface area contributed by atoms with Crippen molar-refractivity contribution in [3.05, 3.63) is 60.1 Å². The van der Waals surface area contributed by atoms with Crippen molar-refractivity contribution in [2.24, 2.45) is 0 Å². The normalized spacial score (nSPS) is 12.9. The molecule has 0 radical (unpaired) electrons. The molecule has 1 aromatic carbocycles. The Morgan fingerprint density at radius 1 is 1.14 bits per heavy atom. The van der Waals surface area contributed by atoms with Crippen LogP contribution in [-0.4, -0.2) is 15.9 Å². The molecule has 1 amide bonds. The van der Waals surface area contributed by atoms with E-state index in [2.05, 4.69) is 10.6 Å². The average molecular weight is 362 g/mol. The molecule has 0 spiro atoms. The second-order valence-electron chi connectivity index (χ2n) is 4.66. The SMILES string of the molecule is O=C(Cc1ccccc1)NC(NCc1ccco1)C(Cl)(Cl)Cl. The monoisotopic (exact) mass is 360 g/mol. The van der Waals surface area contributed by atoms with Crippen LogP contribution in [0.5, 0.6) is 0 Å². The number of benzene rings is 1. The maximum atomic E-state index is 12.1. The lowest BCUT2D eigenvalue weighted by Gasteiger charge is -2.26. The minimum absolute atomic E-state index is 0.209. The smallest absolute Gasteiger partial charge is 0.225 e. The molecule has 0 aliphatic carbocycles. The van der Waals surface area contributed by atoms with Gasteiger partial charge in [0.05, 0.1) is 19.2 Å². The van der Waals surface area contributed by atoms with Crippen LogP contribution in [0.2, 0.25) is 0 Å². The van der Waals surface area contributed by atoms with E-state index in [9.17, 15) is 4.79 Å². The number of carbonyl (C=O) groups excluding carboxylic acids is 1. The van der Waals surface area contributed by atoms with E-state index < -0.39 is 9.96 Å². The van der Waals surface area contributed by atoms with Gasteiger partial charge in [-0.2, -0.15) is 0 Å². The average Bonchev–Trinajstić information content (AvgIpc) is 2.96. The van der Waals surface area contributed by atoms with Gasteiger partial charge < -0.3 is 9.73 Å². The van der Waals surface area contributed by atoms with Crippen molar-refractivity contribution in [1.29, 1.82) is 0 Å². The van der Waals surface area contributed by atoms with Crippen molar-refractivity contribution >= 4 is 40.7 Å². The van der Waals surface area contributed by atoms with E-state index >= 15 is 0 Å². The second-order valence-corrected chi connectivity index (χ2v) is 7.03. The summed E-state index contributed by atoms with van der Waals surface area (Å²) in [6.07, 6.45) is 0.925. The van der Waals surface area contributed by atoms with Gasteiger partial charge in [-0.3, -0.25) is 10.1 Å². The number of furan rings is 1. The van der Waals surface area contributed by atoms with Crippen molar-refractivity contribution < 1.29 is 9.21 Å². The number of amides is 1. The van der Waals surface area contributed by atoms with E-state index in [1.54, 1.807) is 18.4 Å². The number of rotatable bonds is 6. The first-order valence-electron chi connectivity index (χ1n) is 6.61. The van der Waals surface area contributed by atoms with Crippen LogP contribution in [0, 0.1) is 0 Å². The first-order valence-corrected chi connectivity index (χ1v) is 7.74. The third-order valence-electron chi connectivity index (χ3n) is 2.90. The Balaban J connectivity index is 1.93. The summed E-state index contributed by atoms with van der Waals surface area (Å²) in [4.78, 5) is 12.1. The molecule has 118 valence electrons. The Morgan fingerprint density at radius 3 is 2.45 bits per heavy atom. The molecular formula is C15H15Cl3N2O2. The number of halogens is 3. The predicted molar refractivity (Wildman–Crippen MR) is 87.9 cm³/mol. The predicted octanol–water partition coefficient (Wildman–Crippen LogP) is 3.42. The van der Waals surface area contributed by atoms with Crippen LogP contribution in [0.3, 0.4) is 0 Å². The highest BCUT2D eigenvalue weighted by atomic mass is 35.6. The van der Waals surface area contributed by atoms with E-state index in [1.165, 1.54) is 0 Å². The van der Waals surface area contributed by atoms with Crippen LogP contribution < -0.4 is 10.6 Å². The molecule has 0 fully saturated rings. The van der Waals surface area contributed by atoms with E-state index in [4.69, 9.17) is 39.2 Å². The molecule has 1 atom stereocenters. The van der Waals surface area contributed by atoms with Gasteiger partial charge in [-0.25, -0.2) is 0 Å². The van der Waals surface area contributed by atoms with Gasteiger partial charge in [0, 0.05) is 0 Å². The molecule has 0 aliphatic heterocycles. The first kappa shape index (κ1) is 17.2. The fourth-order valence-electron chi connectivity index (χ4n) is 1.86. The molecule has 0 bridgehead atoms. The van der Waals surface area contributed by atoms with Gasteiger partial charge in [0.1, 0.15) is 11.9 Å². The van der Waals surface area contributed by atoms with Gasteiger partial charge in [-0.05, 0) is 17.7 Å². The minimum atomic E-state index is -1.68. The molecule has 1 aromatic heterocycles. The molecule has 2 N–H and O–H groups in total. The quantitative estimate of drug-likeness (QED) is 0.612. The molecule has 2 rings (SSSR count). The van der Waals surface area contributed by atoms with Crippen molar-refractivity contribution in [3.8, 4) is 0 Å². The van der Waals surface area contributed by atoms with Gasteiger partial charge >= 0.3 is 0 Å². The van der Waals surface area contributed by atoms with Crippen LogP contribution in [-0.2, 0) is 17.8 Å². The topological polar surface area (TPSA) is 54.3 Å². The van der Waals surface area contributed by atoms with Crippen LogP contribution >= 0.6 is 34.8 Å². The zero-order valence-corrected chi connectivity index (χ0v) is 13.8. The fraction of sp³-hybridized carbons (Fsp3) is 0.267. The molecule has 1 heterocycles. The lowest BCUT2D eigenvalue weighted by Crippen LogP contribution is -2.53. The van der Waals surface area contributed by atoms with Gasteiger partial charge in [-0.15, -0.1) is 0 Å². The van der Waals surface area contributed by atoms with E-state index in [-0.39, 0.29) is 12.3 Å². The highest BCUT2D eigenvalue weighted by Gasteiger charge is 2.33. The summed E-state index contributed by atoms with van der Waals surface area (Å²) in [7, 11) is 0. The summed E-state index contributed by atoms with van der Waals surface area (Å²) in [5, 5.41) is 5.64. The Kier molecular flexibility index (Phi) is 6.15. The number of carbonyl (C=O) groups is 1. The van der Waals surface area contributed by atoms with Crippen molar-refractivity contribution in [2.45, 2.75) is 22.9 Å². The van der Waals surface area contributed by atoms with Gasteiger partial charge in [0.15, 0.2) is 0 Å². The molecule has 2 aromatic rings. The molecule has 1 unspecified atom stereocenters. The lowest BCUT2D eigenvalue weighted by atomic mass is 10.1. The lowest BCUT2D eigenvalue weighted by molar-refractivity contribution is -0.121. The summed E-state index contributed by atoms with van der Waals surface area (Å²) in [6, 6.07) is 12.9. The Labute approximate surface area is 143 Å². The highest BCUT2D eigenvalue weighted by Crippen LogP contribution is 2.29. The number of hydrogen-bond acceptors (Lipinski definition) is 3. The molecule has 0 aliphatic rings. The molecule has 4 nitrogen and oxygen atoms in total. The third kappa shape index (κ3) is 5.54. The van der Waals surface area contributed by atoms with E-state index in [0.717, 1.165) is 5.56 Å². The fourth-order valence-corrected chi connectivity index (χ4v) is 2.25. The molecular weight excluding hydrogens is 347 g/mol. The molecule has 0 saturated carbocycles. The molecule has 7 heteroatoms. The Hall–Kier alpha value is -1.20. The van der Waals surface area contributed by atoms with Crippen LogP contribution in [0.4, 0.5) is 0 Å². The molecule has 22 heavy (non-hydrogen) atoms. The summed E-state index contributed by atoms with van der Waals surface area (Å²) >= 11 is 17.7. The van der Waals surface area contributed by atoms with E-state index in [1.807, 2.05) is 30.3 Å². The summed E-state index contributed by atoms with van der Waals surface area (Å²) in [6.45, 7) is 0.331.